The molecule has 0 aromatic heterocycles. The van der Waals surface area contributed by atoms with Crippen LogP contribution in [0.25, 0.3) is 11.1 Å². The van der Waals surface area contributed by atoms with Crippen LogP contribution in [0.2, 0.25) is 0 Å². The molecule has 0 heterocycles. The lowest BCUT2D eigenvalue weighted by Crippen LogP contribution is -2.19. The van der Waals surface area contributed by atoms with Gasteiger partial charge in [0.2, 0.25) is 0 Å². The lowest BCUT2D eigenvalue weighted by molar-refractivity contribution is 0.203. The van der Waals surface area contributed by atoms with Crippen LogP contribution in [0.4, 0.5) is 0 Å². The zero-order valence-electron chi connectivity index (χ0n) is 14.1. The van der Waals surface area contributed by atoms with Crippen molar-refractivity contribution in [3.05, 3.63) is 48.5 Å². The molecule has 2 rings (SSSR count). The van der Waals surface area contributed by atoms with Gasteiger partial charge in [0.1, 0.15) is 9.79 Å². The molecule has 0 fully saturated rings. The van der Waals surface area contributed by atoms with Crippen molar-refractivity contribution < 1.29 is 25.6 Å². The maximum Gasteiger partial charge on any atom is 0.297 e. The number of hydrogen-bond acceptors (Lipinski definition) is 5. The van der Waals surface area contributed by atoms with E-state index in [1.165, 1.54) is 36.4 Å². The van der Waals surface area contributed by atoms with Gasteiger partial charge in [-0.3, -0.25) is 8.74 Å². The van der Waals surface area contributed by atoms with Crippen molar-refractivity contribution in [3.63, 3.8) is 0 Å². The summed E-state index contributed by atoms with van der Waals surface area (Å²) in [6.07, 6.45) is 0. The van der Waals surface area contributed by atoms with E-state index in [0.717, 1.165) is 0 Å². The van der Waals surface area contributed by atoms with E-state index < -0.39 is 20.2 Å². The smallest absolute Gasteiger partial charge is 0.282 e. The predicted octanol–water partition coefficient (Wildman–Crippen LogP) is 3.35. The van der Waals surface area contributed by atoms with Gasteiger partial charge in [-0.1, -0.05) is 57.2 Å². The van der Waals surface area contributed by atoms with Crippen molar-refractivity contribution >= 4 is 20.2 Å². The summed E-state index contributed by atoms with van der Waals surface area (Å²) in [5, 5.41) is 0. The third-order valence-electron chi connectivity index (χ3n) is 3.26. The van der Waals surface area contributed by atoms with E-state index >= 15 is 0 Å². The van der Waals surface area contributed by atoms with Crippen molar-refractivity contribution in [3.8, 4) is 11.1 Å². The molecule has 8 heteroatoms. The van der Waals surface area contributed by atoms with Crippen molar-refractivity contribution in [2.24, 2.45) is 5.41 Å². The minimum absolute atomic E-state index is 0.0242. The first-order valence-corrected chi connectivity index (χ1v) is 10.3. The normalized spacial score (nSPS) is 13.0. The Hall–Kier alpha value is -1.74. The van der Waals surface area contributed by atoms with Crippen molar-refractivity contribution in [2.45, 2.75) is 30.6 Å². The fourth-order valence-corrected chi connectivity index (χ4v) is 4.17. The lowest BCUT2D eigenvalue weighted by atomic mass is 9.99. The van der Waals surface area contributed by atoms with E-state index in [1.54, 1.807) is 12.1 Å². The largest absolute Gasteiger partial charge is 0.297 e. The average Bonchev–Trinajstić information content (AvgIpc) is 2.52. The van der Waals surface area contributed by atoms with Gasteiger partial charge in [-0.25, -0.2) is 0 Å². The monoisotopic (exact) mass is 384 g/mol. The molecular formula is C17H20O6S2. The molecule has 0 aliphatic heterocycles. The van der Waals surface area contributed by atoms with Gasteiger partial charge in [0.25, 0.3) is 20.2 Å². The van der Waals surface area contributed by atoms with Gasteiger partial charge in [0, 0.05) is 11.1 Å². The SMILES string of the molecule is CC(C)(C)COS(=O)(=O)c1ccccc1-c1ccccc1S(=O)(=O)O. The van der Waals surface area contributed by atoms with Crippen molar-refractivity contribution in [1.82, 2.24) is 0 Å². The minimum Gasteiger partial charge on any atom is -0.282 e. The summed E-state index contributed by atoms with van der Waals surface area (Å²) in [5.41, 5.74) is -0.137. The Morgan fingerprint density at radius 1 is 0.840 bits per heavy atom. The van der Waals surface area contributed by atoms with E-state index in [9.17, 15) is 21.4 Å². The van der Waals surface area contributed by atoms with Crippen LogP contribution >= 0.6 is 0 Å². The fourth-order valence-electron chi connectivity index (χ4n) is 2.14. The third-order valence-corrected chi connectivity index (χ3v) is 5.49. The van der Waals surface area contributed by atoms with Crippen LogP contribution in [0.5, 0.6) is 0 Å². The predicted molar refractivity (Wildman–Crippen MR) is 94.3 cm³/mol. The molecule has 0 spiro atoms. The Morgan fingerprint density at radius 3 is 1.76 bits per heavy atom. The molecule has 2 aromatic carbocycles. The zero-order valence-corrected chi connectivity index (χ0v) is 15.8. The molecule has 0 radical (unpaired) electrons. The summed E-state index contributed by atoms with van der Waals surface area (Å²) in [6, 6.07) is 11.6. The quantitative estimate of drug-likeness (QED) is 0.627. The highest BCUT2D eigenvalue weighted by atomic mass is 32.2. The van der Waals surface area contributed by atoms with Gasteiger partial charge < -0.3 is 0 Å². The Labute approximate surface area is 148 Å². The van der Waals surface area contributed by atoms with Gasteiger partial charge in [-0.15, -0.1) is 0 Å². The molecule has 0 aliphatic carbocycles. The van der Waals surface area contributed by atoms with E-state index in [1.807, 2.05) is 20.8 Å². The van der Waals surface area contributed by atoms with Crippen LogP contribution in [0.15, 0.2) is 58.3 Å². The first-order chi connectivity index (χ1) is 11.4. The second kappa shape index (κ2) is 6.87. The summed E-state index contributed by atoms with van der Waals surface area (Å²) in [5.74, 6) is 0. The molecule has 0 atom stereocenters. The number of rotatable bonds is 5. The summed E-state index contributed by atoms with van der Waals surface area (Å²) in [4.78, 5) is -0.524. The minimum atomic E-state index is -4.52. The van der Waals surface area contributed by atoms with Gasteiger partial charge in [-0.05, 0) is 17.5 Å². The van der Waals surface area contributed by atoms with Crippen LogP contribution in [-0.4, -0.2) is 28.0 Å². The Bertz CT molecular complexity index is 970. The second-order valence-electron chi connectivity index (χ2n) is 6.74. The summed E-state index contributed by atoms with van der Waals surface area (Å²) in [6.45, 7) is 5.48. The van der Waals surface area contributed by atoms with Gasteiger partial charge in [0.05, 0.1) is 6.61 Å². The average molecular weight is 384 g/mol. The summed E-state index contributed by atoms with van der Waals surface area (Å²) < 4.78 is 63.0. The van der Waals surface area contributed by atoms with E-state index in [2.05, 4.69) is 0 Å². The molecule has 0 saturated carbocycles. The molecule has 136 valence electrons. The van der Waals surface area contributed by atoms with Gasteiger partial charge >= 0.3 is 0 Å². The molecular weight excluding hydrogens is 364 g/mol. The lowest BCUT2D eigenvalue weighted by Gasteiger charge is -2.19. The number of hydrogen-bond donors (Lipinski definition) is 1. The molecule has 6 nitrogen and oxygen atoms in total. The van der Waals surface area contributed by atoms with Crippen LogP contribution in [0, 0.1) is 5.41 Å². The standard InChI is InChI=1S/C17H20O6S2/c1-17(2,3)12-23-25(21,22)16-11-7-5-9-14(16)13-8-4-6-10-15(13)24(18,19)20/h4-11H,12H2,1-3H3,(H,18,19,20). The van der Waals surface area contributed by atoms with Crippen LogP contribution in [0.1, 0.15) is 20.8 Å². The highest BCUT2D eigenvalue weighted by Crippen LogP contribution is 2.33. The molecule has 25 heavy (non-hydrogen) atoms. The van der Waals surface area contributed by atoms with E-state index in [-0.39, 0.29) is 32.9 Å². The van der Waals surface area contributed by atoms with Crippen molar-refractivity contribution in [2.75, 3.05) is 6.61 Å². The fraction of sp³-hybridized carbons (Fsp3) is 0.294. The molecule has 0 bridgehead atoms. The van der Waals surface area contributed by atoms with Gasteiger partial charge in [-0.2, -0.15) is 16.8 Å². The summed E-state index contributed by atoms with van der Waals surface area (Å²) >= 11 is 0. The van der Waals surface area contributed by atoms with Crippen molar-refractivity contribution in [1.29, 1.82) is 0 Å². The Kier molecular flexibility index (Phi) is 5.38. The van der Waals surface area contributed by atoms with Crippen LogP contribution in [0.3, 0.4) is 0 Å². The first kappa shape index (κ1) is 19.6. The number of benzene rings is 2. The Morgan fingerprint density at radius 2 is 1.28 bits per heavy atom. The maximum absolute atomic E-state index is 12.6. The molecule has 0 saturated heterocycles. The highest BCUT2D eigenvalue weighted by Gasteiger charge is 2.25. The zero-order chi connectivity index (χ0) is 18.9. The molecule has 0 amide bonds. The second-order valence-corrected chi connectivity index (χ2v) is 9.72. The highest BCUT2D eigenvalue weighted by molar-refractivity contribution is 7.87. The third kappa shape index (κ3) is 4.88. The molecule has 0 aliphatic rings. The molecule has 1 N–H and O–H groups in total. The van der Waals surface area contributed by atoms with E-state index in [0.29, 0.717) is 0 Å². The Balaban J connectivity index is 2.62. The molecule has 2 aromatic rings. The first-order valence-electron chi connectivity index (χ1n) is 7.47. The van der Waals surface area contributed by atoms with E-state index in [4.69, 9.17) is 4.18 Å². The van der Waals surface area contributed by atoms with Crippen LogP contribution in [-0.2, 0) is 24.4 Å². The maximum atomic E-state index is 12.6. The summed E-state index contributed by atoms with van der Waals surface area (Å²) in [7, 11) is -8.63. The topological polar surface area (TPSA) is 97.7 Å². The van der Waals surface area contributed by atoms with Gasteiger partial charge in [0.15, 0.2) is 0 Å². The van der Waals surface area contributed by atoms with Crippen LogP contribution < -0.4 is 0 Å². The molecule has 0 unspecified atom stereocenters.